The lowest BCUT2D eigenvalue weighted by atomic mass is 10.1. The number of alkyl halides is 3. The third kappa shape index (κ3) is 7.00. The number of halogens is 3. The summed E-state index contributed by atoms with van der Waals surface area (Å²) in [6.07, 6.45) is 7.34. The first-order valence-electron chi connectivity index (χ1n) is 11.4. The summed E-state index contributed by atoms with van der Waals surface area (Å²) in [5.41, 5.74) is 0.581. The van der Waals surface area contributed by atoms with E-state index in [0.29, 0.717) is 11.2 Å². The summed E-state index contributed by atoms with van der Waals surface area (Å²) in [4.78, 5) is 24.9. The highest BCUT2D eigenvalue weighted by Crippen LogP contribution is 2.33. The zero-order valence-corrected chi connectivity index (χ0v) is 20.1. The summed E-state index contributed by atoms with van der Waals surface area (Å²) in [6.45, 7) is 0.989. The summed E-state index contributed by atoms with van der Waals surface area (Å²) >= 11 is 1.64. The number of rotatable bonds is 11. The predicted molar refractivity (Wildman–Crippen MR) is 129 cm³/mol. The Kier molecular flexibility index (Phi) is 8.47. The first-order valence-corrected chi connectivity index (χ1v) is 12.4. The van der Waals surface area contributed by atoms with E-state index in [0.717, 1.165) is 60.4 Å². The van der Waals surface area contributed by atoms with E-state index in [1.165, 1.54) is 24.7 Å². The standard InChI is InChI=1S/C24H24F3N7OS/c25-24(26,27)17-5-6-19-20(13-17)29-8-7-22(19)36-12-4-2-1-3-11-34-16-18(32-33-34)14-31-23(35)21-15-28-9-10-30-21/h5-10,13,15-16H,1-4,11-12,14H2,(H,31,35). The number of unbranched alkanes of at least 4 members (excludes halogenated alkanes) is 3. The van der Waals surface area contributed by atoms with Gasteiger partial charge in [-0.05, 0) is 36.8 Å². The molecule has 0 saturated heterocycles. The highest BCUT2D eigenvalue weighted by Gasteiger charge is 2.30. The van der Waals surface area contributed by atoms with Crippen LogP contribution in [0.3, 0.4) is 0 Å². The molecular formula is C24H24F3N7OS. The van der Waals surface area contributed by atoms with Crippen molar-refractivity contribution in [3.63, 3.8) is 0 Å². The number of pyridine rings is 1. The van der Waals surface area contributed by atoms with E-state index < -0.39 is 11.7 Å². The molecule has 0 radical (unpaired) electrons. The fourth-order valence-corrected chi connectivity index (χ4v) is 4.60. The molecule has 1 N–H and O–H groups in total. The maximum Gasteiger partial charge on any atom is 0.416 e. The number of fused-ring (bicyclic) bond motifs is 1. The average molecular weight is 516 g/mol. The van der Waals surface area contributed by atoms with Gasteiger partial charge in [-0.1, -0.05) is 24.1 Å². The van der Waals surface area contributed by atoms with Crippen LogP contribution in [0, 0.1) is 0 Å². The van der Waals surface area contributed by atoms with Crippen molar-refractivity contribution in [1.29, 1.82) is 0 Å². The molecule has 0 fully saturated rings. The molecular weight excluding hydrogens is 491 g/mol. The number of amides is 1. The quantitative estimate of drug-likeness (QED) is 0.224. The molecule has 36 heavy (non-hydrogen) atoms. The van der Waals surface area contributed by atoms with Crippen LogP contribution in [0.4, 0.5) is 13.2 Å². The second kappa shape index (κ2) is 11.9. The molecule has 0 aliphatic heterocycles. The maximum atomic E-state index is 12.9. The van der Waals surface area contributed by atoms with Gasteiger partial charge in [-0.15, -0.1) is 16.9 Å². The minimum Gasteiger partial charge on any atom is -0.345 e. The summed E-state index contributed by atoms with van der Waals surface area (Å²) in [5, 5.41) is 11.7. The molecule has 8 nitrogen and oxygen atoms in total. The van der Waals surface area contributed by atoms with Gasteiger partial charge in [-0.3, -0.25) is 19.4 Å². The Morgan fingerprint density at radius 2 is 1.89 bits per heavy atom. The van der Waals surface area contributed by atoms with Gasteiger partial charge in [0, 0.05) is 35.4 Å². The number of carbonyl (C=O) groups is 1. The normalized spacial score (nSPS) is 11.6. The lowest BCUT2D eigenvalue weighted by Gasteiger charge is -2.10. The van der Waals surface area contributed by atoms with Crippen LogP contribution in [0.2, 0.25) is 0 Å². The van der Waals surface area contributed by atoms with Crippen molar-refractivity contribution < 1.29 is 18.0 Å². The summed E-state index contributed by atoms with van der Waals surface area (Å²) < 4.78 is 40.6. The predicted octanol–water partition coefficient (Wildman–Crippen LogP) is 4.92. The molecule has 3 heterocycles. The molecule has 0 aliphatic rings. The number of hydrogen-bond acceptors (Lipinski definition) is 7. The van der Waals surface area contributed by atoms with Crippen LogP contribution in [-0.4, -0.2) is 41.6 Å². The first kappa shape index (κ1) is 25.5. The largest absolute Gasteiger partial charge is 0.416 e. The van der Waals surface area contributed by atoms with Crippen LogP contribution in [0.1, 0.15) is 47.4 Å². The second-order valence-electron chi connectivity index (χ2n) is 8.05. The van der Waals surface area contributed by atoms with Crippen molar-refractivity contribution in [1.82, 2.24) is 35.3 Å². The van der Waals surface area contributed by atoms with Crippen molar-refractivity contribution >= 4 is 28.6 Å². The summed E-state index contributed by atoms with van der Waals surface area (Å²) in [5.74, 6) is 0.556. The van der Waals surface area contributed by atoms with Crippen molar-refractivity contribution in [2.24, 2.45) is 0 Å². The molecule has 1 aromatic carbocycles. The fourth-order valence-electron chi connectivity index (χ4n) is 3.54. The smallest absolute Gasteiger partial charge is 0.345 e. The molecule has 12 heteroatoms. The summed E-state index contributed by atoms with van der Waals surface area (Å²) in [7, 11) is 0. The second-order valence-corrected chi connectivity index (χ2v) is 9.18. The van der Waals surface area contributed by atoms with E-state index in [4.69, 9.17) is 0 Å². The van der Waals surface area contributed by atoms with Gasteiger partial charge >= 0.3 is 6.18 Å². The van der Waals surface area contributed by atoms with Crippen LogP contribution in [0.5, 0.6) is 0 Å². The molecule has 0 atom stereocenters. The van der Waals surface area contributed by atoms with Gasteiger partial charge in [0.15, 0.2) is 0 Å². The van der Waals surface area contributed by atoms with Crippen LogP contribution in [0.15, 0.2) is 60.1 Å². The molecule has 3 aromatic heterocycles. The zero-order chi connectivity index (χ0) is 25.4. The number of benzene rings is 1. The van der Waals surface area contributed by atoms with E-state index in [1.54, 1.807) is 22.6 Å². The van der Waals surface area contributed by atoms with E-state index in [-0.39, 0.29) is 18.1 Å². The monoisotopic (exact) mass is 515 g/mol. The minimum atomic E-state index is -4.37. The van der Waals surface area contributed by atoms with Gasteiger partial charge in [0.2, 0.25) is 0 Å². The zero-order valence-electron chi connectivity index (χ0n) is 19.3. The molecule has 0 saturated carbocycles. The van der Waals surface area contributed by atoms with Gasteiger partial charge in [0.05, 0.1) is 30.0 Å². The van der Waals surface area contributed by atoms with Gasteiger partial charge in [0.25, 0.3) is 5.91 Å². The highest BCUT2D eigenvalue weighted by atomic mass is 32.2. The Morgan fingerprint density at radius 3 is 2.69 bits per heavy atom. The summed E-state index contributed by atoms with van der Waals surface area (Å²) in [6, 6.07) is 5.55. The number of hydrogen-bond donors (Lipinski definition) is 1. The SMILES string of the molecule is O=C(NCc1cn(CCCCCCSc2ccnc3cc(C(F)(F)F)ccc23)nn1)c1cnccn1. The molecule has 0 unspecified atom stereocenters. The fraction of sp³-hybridized carbons (Fsp3) is 0.333. The topological polar surface area (TPSA) is 98.5 Å². The van der Waals surface area contributed by atoms with Gasteiger partial charge in [-0.2, -0.15) is 13.2 Å². The van der Waals surface area contributed by atoms with Crippen molar-refractivity contribution in [3.8, 4) is 0 Å². The lowest BCUT2D eigenvalue weighted by molar-refractivity contribution is -0.137. The molecule has 1 amide bonds. The third-order valence-electron chi connectivity index (χ3n) is 5.38. The van der Waals surface area contributed by atoms with Crippen LogP contribution in [-0.2, 0) is 19.3 Å². The van der Waals surface area contributed by atoms with Crippen molar-refractivity contribution in [3.05, 3.63) is 72.2 Å². The van der Waals surface area contributed by atoms with Crippen LogP contribution >= 0.6 is 11.8 Å². The van der Waals surface area contributed by atoms with E-state index in [9.17, 15) is 18.0 Å². The highest BCUT2D eigenvalue weighted by molar-refractivity contribution is 7.99. The number of nitrogens with one attached hydrogen (secondary N) is 1. The number of thioether (sulfide) groups is 1. The number of aryl methyl sites for hydroxylation is 1. The lowest BCUT2D eigenvalue weighted by Crippen LogP contribution is -2.24. The van der Waals surface area contributed by atoms with Crippen LogP contribution < -0.4 is 5.32 Å². The molecule has 0 aliphatic carbocycles. The molecule has 188 valence electrons. The molecule has 4 rings (SSSR count). The third-order valence-corrected chi connectivity index (χ3v) is 6.54. The average Bonchev–Trinajstić information content (AvgIpc) is 3.34. The minimum absolute atomic E-state index is 0.246. The number of nitrogens with zero attached hydrogens (tertiary/aromatic N) is 6. The number of aromatic nitrogens is 6. The Labute approximate surface area is 209 Å². The van der Waals surface area contributed by atoms with Gasteiger partial charge in [0.1, 0.15) is 11.4 Å². The van der Waals surface area contributed by atoms with Gasteiger partial charge in [-0.25, -0.2) is 4.98 Å². The van der Waals surface area contributed by atoms with E-state index in [1.807, 2.05) is 12.3 Å². The Hall–Kier alpha value is -3.54. The van der Waals surface area contributed by atoms with Crippen LogP contribution in [0.25, 0.3) is 10.9 Å². The number of carbonyl (C=O) groups excluding carboxylic acids is 1. The van der Waals surface area contributed by atoms with Crippen molar-refractivity contribution in [2.75, 3.05) is 5.75 Å². The molecule has 0 spiro atoms. The first-order chi connectivity index (χ1) is 17.4. The molecule has 4 aromatic rings. The maximum absolute atomic E-state index is 12.9. The Balaban J connectivity index is 1.14. The Morgan fingerprint density at radius 1 is 1.03 bits per heavy atom. The van der Waals surface area contributed by atoms with Gasteiger partial charge < -0.3 is 5.32 Å². The van der Waals surface area contributed by atoms with Crippen molar-refractivity contribution in [2.45, 2.75) is 49.8 Å². The van der Waals surface area contributed by atoms with E-state index >= 15 is 0 Å². The van der Waals surface area contributed by atoms with E-state index in [2.05, 4.69) is 30.6 Å². The molecule has 0 bridgehead atoms. The Bertz CT molecular complexity index is 1300.